The molecule has 0 saturated heterocycles. The number of anilines is 9. The lowest BCUT2D eigenvalue weighted by Crippen LogP contribution is -2.28. The van der Waals surface area contributed by atoms with Crippen LogP contribution in [0, 0.1) is 0 Å². The van der Waals surface area contributed by atoms with Gasteiger partial charge in [0.1, 0.15) is 0 Å². The lowest BCUT2D eigenvalue weighted by Gasteiger charge is -2.35. The molecule has 78 heavy (non-hydrogen) atoms. The van der Waals surface area contributed by atoms with Crippen molar-refractivity contribution in [2.45, 2.75) is 5.41 Å². The summed E-state index contributed by atoms with van der Waals surface area (Å²) in [5.41, 5.74) is 22.0. The number of hydrogen-bond donors (Lipinski definition) is 0. The zero-order valence-electron chi connectivity index (χ0n) is 42.8. The van der Waals surface area contributed by atoms with E-state index in [2.05, 4.69) is 324 Å². The minimum Gasteiger partial charge on any atom is -0.310 e. The molecule has 0 amide bonds. The van der Waals surface area contributed by atoms with Crippen LogP contribution in [0.5, 0.6) is 0 Å². The maximum absolute atomic E-state index is 2.50. The van der Waals surface area contributed by atoms with Crippen LogP contribution in [-0.2, 0) is 5.41 Å². The fourth-order valence-electron chi connectivity index (χ4n) is 12.9. The first-order valence-corrected chi connectivity index (χ1v) is 26.9. The van der Waals surface area contributed by atoms with Crippen LogP contribution in [0.2, 0.25) is 0 Å². The first-order chi connectivity index (χ1) is 38.7. The molecule has 0 N–H and O–H groups in total. The van der Waals surface area contributed by atoms with Gasteiger partial charge in [0.25, 0.3) is 0 Å². The molecule has 0 unspecified atom stereocenters. The van der Waals surface area contributed by atoms with E-state index in [0.717, 1.165) is 56.6 Å². The summed E-state index contributed by atoms with van der Waals surface area (Å²) in [5, 5.41) is 4.82. The van der Waals surface area contributed by atoms with E-state index in [1.54, 1.807) is 0 Å². The van der Waals surface area contributed by atoms with Crippen LogP contribution in [-0.4, -0.2) is 0 Å². The van der Waals surface area contributed by atoms with Crippen molar-refractivity contribution in [3.8, 4) is 33.4 Å². The summed E-state index contributed by atoms with van der Waals surface area (Å²) in [7, 11) is 0. The highest BCUT2D eigenvalue weighted by Crippen LogP contribution is 2.58. The minimum atomic E-state index is -0.508. The van der Waals surface area contributed by atoms with Gasteiger partial charge in [-0.25, -0.2) is 0 Å². The van der Waals surface area contributed by atoms with Gasteiger partial charge in [-0.3, -0.25) is 0 Å². The third-order valence-electron chi connectivity index (χ3n) is 16.2. The largest absolute Gasteiger partial charge is 0.310 e. The highest BCUT2D eigenvalue weighted by Gasteiger charge is 2.46. The first-order valence-electron chi connectivity index (χ1n) is 26.9. The van der Waals surface area contributed by atoms with E-state index in [1.807, 2.05) is 0 Å². The Hall–Kier alpha value is -10.2. The Balaban J connectivity index is 0.850. The van der Waals surface area contributed by atoms with Gasteiger partial charge in [0, 0.05) is 50.2 Å². The molecular formula is C75H51N3. The van der Waals surface area contributed by atoms with Gasteiger partial charge in [-0.2, -0.15) is 0 Å². The Morgan fingerprint density at radius 3 is 1.44 bits per heavy atom. The summed E-state index contributed by atoms with van der Waals surface area (Å²) in [5.74, 6) is 0. The van der Waals surface area contributed by atoms with E-state index in [-0.39, 0.29) is 0 Å². The average Bonchev–Trinajstić information content (AvgIpc) is 4.05. The van der Waals surface area contributed by atoms with Crippen LogP contribution < -0.4 is 14.7 Å². The Morgan fingerprint density at radius 2 is 0.769 bits per heavy atom. The molecule has 0 radical (unpaired) electrons. The lowest BCUT2D eigenvalue weighted by molar-refractivity contribution is 0.768. The van der Waals surface area contributed by atoms with Crippen molar-refractivity contribution in [3.05, 3.63) is 332 Å². The molecule has 0 bridgehead atoms. The first kappa shape index (κ1) is 45.2. The van der Waals surface area contributed by atoms with Crippen molar-refractivity contribution >= 4 is 72.7 Å². The molecule has 2 aliphatic rings. The molecule has 0 fully saturated rings. The number of rotatable bonds is 10. The van der Waals surface area contributed by atoms with E-state index in [1.165, 1.54) is 71.7 Å². The zero-order valence-corrected chi connectivity index (χ0v) is 42.8. The molecule has 13 aromatic rings. The minimum absolute atomic E-state index is 0.508. The predicted octanol–water partition coefficient (Wildman–Crippen LogP) is 20.4. The monoisotopic (exact) mass is 993 g/mol. The van der Waals surface area contributed by atoms with Gasteiger partial charge < -0.3 is 14.7 Å². The summed E-state index contributed by atoms with van der Waals surface area (Å²) in [4.78, 5) is 7.27. The van der Waals surface area contributed by atoms with Crippen molar-refractivity contribution in [1.29, 1.82) is 0 Å². The predicted molar refractivity (Wildman–Crippen MR) is 327 cm³/mol. The van der Waals surface area contributed by atoms with Gasteiger partial charge in [-0.1, -0.05) is 218 Å². The molecule has 1 aliphatic carbocycles. The lowest BCUT2D eigenvalue weighted by atomic mass is 9.67. The van der Waals surface area contributed by atoms with Gasteiger partial charge in [0.05, 0.1) is 28.2 Å². The second-order valence-corrected chi connectivity index (χ2v) is 20.4. The molecular weight excluding hydrogens is 943 g/mol. The van der Waals surface area contributed by atoms with Crippen LogP contribution >= 0.6 is 0 Å². The highest BCUT2D eigenvalue weighted by atomic mass is 15.2. The van der Waals surface area contributed by atoms with Gasteiger partial charge in [0.15, 0.2) is 0 Å². The summed E-state index contributed by atoms with van der Waals surface area (Å²) in [6.45, 7) is 0. The standard InChI is InChI=1S/C75H51N3/c1-6-24-55(25-7-1)75(56-26-8-2-9-27-56)68-38-19-18-34-62(68)63-46-45-61(51-69(63)75)76(57-28-10-3-11-29-57)60-43-40-52(41-44-60)54-42-47-72-67(50-54)66-37-20-22-53-23-21-39-73(74(53)66)78(72)71-49-48-70(64-35-16-17-36-65(64)71)77(58-30-12-4-13-31-58)59-32-14-5-15-33-59/h1-51H. The van der Waals surface area contributed by atoms with Crippen LogP contribution in [0.1, 0.15) is 22.3 Å². The van der Waals surface area contributed by atoms with Crippen molar-refractivity contribution in [2.24, 2.45) is 0 Å². The quantitative estimate of drug-likeness (QED) is 0.135. The summed E-state index contributed by atoms with van der Waals surface area (Å²) < 4.78 is 0. The molecule has 0 spiro atoms. The van der Waals surface area contributed by atoms with Crippen molar-refractivity contribution < 1.29 is 0 Å². The van der Waals surface area contributed by atoms with Crippen molar-refractivity contribution in [2.75, 3.05) is 14.7 Å². The second-order valence-electron chi connectivity index (χ2n) is 20.4. The third-order valence-corrected chi connectivity index (χ3v) is 16.2. The molecule has 3 heteroatoms. The van der Waals surface area contributed by atoms with Crippen LogP contribution in [0.15, 0.2) is 309 Å². The Bertz CT molecular complexity index is 4280. The van der Waals surface area contributed by atoms with Gasteiger partial charge >= 0.3 is 0 Å². The van der Waals surface area contributed by atoms with Gasteiger partial charge in [-0.05, 0) is 146 Å². The molecule has 1 aliphatic heterocycles. The number of hydrogen-bond acceptors (Lipinski definition) is 3. The van der Waals surface area contributed by atoms with Crippen LogP contribution in [0.3, 0.4) is 0 Å². The fraction of sp³-hybridized carbons (Fsp3) is 0.0133. The maximum Gasteiger partial charge on any atom is 0.0714 e. The van der Waals surface area contributed by atoms with Crippen LogP contribution in [0.25, 0.3) is 54.9 Å². The average molecular weight is 994 g/mol. The van der Waals surface area contributed by atoms with E-state index < -0.39 is 5.41 Å². The normalized spacial score (nSPS) is 12.7. The molecule has 0 saturated carbocycles. The third kappa shape index (κ3) is 7.13. The van der Waals surface area contributed by atoms with Gasteiger partial charge in [-0.15, -0.1) is 0 Å². The Labute approximate surface area is 455 Å². The van der Waals surface area contributed by atoms with Crippen molar-refractivity contribution in [3.63, 3.8) is 0 Å². The molecule has 1 heterocycles. The van der Waals surface area contributed by atoms with Crippen LogP contribution in [0.4, 0.5) is 51.2 Å². The fourth-order valence-corrected chi connectivity index (χ4v) is 12.9. The SMILES string of the molecule is c1ccc(N(c2ccc(-c3ccc4c(c3)-c3cccc5cccc(c35)N4c3ccc(N(c4ccccc4)c4ccccc4)c4ccccc34)cc2)c2ccc3c(c2)C(c2ccccc2)(c2ccccc2)c2ccccc2-3)cc1. The van der Waals surface area contributed by atoms with Gasteiger partial charge in [0.2, 0.25) is 0 Å². The number of benzene rings is 13. The van der Waals surface area contributed by atoms with E-state index in [4.69, 9.17) is 0 Å². The summed E-state index contributed by atoms with van der Waals surface area (Å²) in [6.07, 6.45) is 0. The molecule has 15 rings (SSSR count). The smallest absolute Gasteiger partial charge is 0.0714 e. The molecule has 0 atom stereocenters. The second kappa shape index (κ2) is 18.6. The summed E-state index contributed by atoms with van der Waals surface area (Å²) >= 11 is 0. The number of nitrogens with zero attached hydrogens (tertiary/aromatic N) is 3. The van der Waals surface area contributed by atoms with E-state index in [9.17, 15) is 0 Å². The van der Waals surface area contributed by atoms with E-state index in [0.29, 0.717) is 0 Å². The highest BCUT2D eigenvalue weighted by molar-refractivity contribution is 6.17. The van der Waals surface area contributed by atoms with Crippen molar-refractivity contribution in [1.82, 2.24) is 0 Å². The topological polar surface area (TPSA) is 9.72 Å². The zero-order chi connectivity index (χ0) is 51.6. The Morgan fingerprint density at radius 1 is 0.269 bits per heavy atom. The molecule has 3 nitrogen and oxygen atoms in total. The number of fused-ring (bicyclic) bond motifs is 6. The molecule has 13 aromatic carbocycles. The Kier molecular flexibility index (Phi) is 10.8. The number of para-hydroxylation sites is 3. The summed E-state index contributed by atoms with van der Waals surface area (Å²) in [6, 6.07) is 114. The van der Waals surface area contributed by atoms with E-state index >= 15 is 0 Å². The molecule has 0 aromatic heterocycles. The molecule has 366 valence electrons. The maximum atomic E-state index is 2.50.